The number of rotatable bonds is 1. The second-order valence-corrected chi connectivity index (χ2v) is 5.10. The number of carbonyl (C=O) groups is 1. The summed E-state index contributed by atoms with van der Waals surface area (Å²) < 4.78 is 0. The molecule has 0 radical (unpaired) electrons. The van der Waals surface area contributed by atoms with Crippen LogP contribution in [0.25, 0.3) is 0 Å². The van der Waals surface area contributed by atoms with Crippen LogP contribution in [0.1, 0.15) is 19.3 Å². The number of amides is 1. The molecule has 4 heteroatoms. The Morgan fingerprint density at radius 2 is 1.94 bits per heavy atom. The quantitative estimate of drug-likeness (QED) is 0.845. The van der Waals surface area contributed by atoms with Crippen LogP contribution in [0.15, 0.2) is 30.3 Å². The lowest BCUT2D eigenvalue weighted by atomic mass is 9.79. The van der Waals surface area contributed by atoms with E-state index in [-0.39, 0.29) is 17.8 Å². The molecule has 18 heavy (non-hydrogen) atoms. The second-order valence-electron chi connectivity index (χ2n) is 5.10. The Balaban J connectivity index is 0.00000120. The lowest BCUT2D eigenvalue weighted by Crippen LogP contribution is -2.45. The van der Waals surface area contributed by atoms with E-state index in [9.17, 15) is 4.79 Å². The number of nitrogens with zero attached hydrogens (tertiary/aromatic N) is 1. The maximum absolute atomic E-state index is 12.6. The number of para-hydroxylation sites is 1. The van der Waals surface area contributed by atoms with E-state index in [1.54, 1.807) is 0 Å². The average molecular weight is 267 g/mol. The number of benzene rings is 1. The summed E-state index contributed by atoms with van der Waals surface area (Å²) >= 11 is 0. The van der Waals surface area contributed by atoms with Crippen molar-refractivity contribution in [3.8, 4) is 0 Å². The van der Waals surface area contributed by atoms with E-state index in [1.807, 2.05) is 35.2 Å². The third kappa shape index (κ3) is 2.13. The standard InChI is InChI=1S/C14H18N2O.ClH/c17-13-14(7-4-9-15-11-14)8-10-16(13)12-5-2-1-3-6-12;/h1-3,5-6,15H,4,7-11H2;1H/t14-;/m1./s1. The summed E-state index contributed by atoms with van der Waals surface area (Å²) in [5.74, 6) is 0.316. The van der Waals surface area contributed by atoms with Gasteiger partial charge in [0.15, 0.2) is 0 Å². The third-order valence-corrected chi connectivity index (χ3v) is 4.05. The van der Waals surface area contributed by atoms with E-state index in [0.717, 1.165) is 44.6 Å². The first-order valence-corrected chi connectivity index (χ1v) is 6.40. The number of hydrogen-bond acceptors (Lipinski definition) is 2. The average Bonchev–Trinajstić information content (AvgIpc) is 2.70. The van der Waals surface area contributed by atoms with Crippen LogP contribution in [0.3, 0.4) is 0 Å². The minimum atomic E-state index is -0.117. The molecule has 1 aromatic carbocycles. The molecule has 0 aromatic heterocycles. The van der Waals surface area contributed by atoms with Gasteiger partial charge < -0.3 is 10.2 Å². The van der Waals surface area contributed by atoms with Gasteiger partial charge in [-0.15, -0.1) is 12.4 Å². The van der Waals surface area contributed by atoms with Gasteiger partial charge in [0, 0.05) is 18.8 Å². The SMILES string of the molecule is Cl.O=C1N(c2ccccc2)CC[C@@]12CCCNC2. The zero-order valence-corrected chi connectivity index (χ0v) is 11.2. The fraction of sp³-hybridized carbons (Fsp3) is 0.500. The summed E-state index contributed by atoms with van der Waals surface area (Å²) in [6.07, 6.45) is 3.16. The number of halogens is 1. The van der Waals surface area contributed by atoms with Crippen molar-refractivity contribution < 1.29 is 4.79 Å². The molecule has 0 unspecified atom stereocenters. The van der Waals surface area contributed by atoms with Gasteiger partial charge in [-0.25, -0.2) is 0 Å². The molecule has 1 atom stereocenters. The summed E-state index contributed by atoms with van der Waals surface area (Å²) in [4.78, 5) is 14.5. The van der Waals surface area contributed by atoms with E-state index in [1.165, 1.54) is 0 Å². The van der Waals surface area contributed by atoms with Crippen molar-refractivity contribution in [3.05, 3.63) is 30.3 Å². The minimum Gasteiger partial charge on any atom is -0.316 e. The van der Waals surface area contributed by atoms with Crippen molar-refractivity contribution in [2.45, 2.75) is 19.3 Å². The summed E-state index contributed by atoms with van der Waals surface area (Å²) in [5, 5.41) is 3.37. The molecule has 0 bridgehead atoms. The number of carbonyl (C=O) groups excluding carboxylic acids is 1. The molecule has 1 spiro atoms. The van der Waals surface area contributed by atoms with E-state index >= 15 is 0 Å². The van der Waals surface area contributed by atoms with Gasteiger partial charge in [-0.3, -0.25) is 4.79 Å². The predicted molar refractivity (Wildman–Crippen MR) is 75.2 cm³/mol. The Bertz CT molecular complexity index is 415. The van der Waals surface area contributed by atoms with Crippen molar-refractivity contribution in [2.24, 2.45) is 5.41 Å². The van der Waals surface area contributed by atoms with Gasteiger partial charge >= 0.3 is 0 Å². The molecule has 1 aromatic rings. The molecule has 3 nitrogen and oxygen atoms in total. The Morgan fingerprint density at radius 3 is 2.61 bits per heavy atom. The van der Waals surface area contributed by atoms with Crippen molar-refractivity contribution >= 4 is 24.0 Å². The van der Waals surface area contributed by atoms with E-state index in [2.05, 4.69) is 5.32 Å². The molecule has 1 N–H and O–H groups in total. The number of piperidine rings is 1. The van der Waals surface area contributed by atoms with Crippen LogP contribution in [0.5, 0.6) is 0 Å². The molecule has 98 valence electrons. The maximum Gasteiger partial charge on any atom is 0.234 e. The molecule has 2 saturated heterocycles. The van der Waals surface area contributed by atoms with Crippen LogP contribution < -0.4 is 10.2 Å². The topological polar surface area (TPSA) is 32.3 Å². The Morgan fingerprint density at radius 1 is 1.17 bits per heavy atom. The zero-order chi connectivity index (χ0) is 11.7. The predicted octanol–water partition coefficient (Wildman–Crippen LogP) is 2.21. The fourth-order valence-electron chi connectivity index (χ4n) is 3.04. The molecule has 2 aliphatic rings. The highest BCUT2D eigenvalue weighted by molar-refractivity contribution is 6.00. The molecule has 2 heterocycles. The van der Waals surface area contributed by atoms with E-state index < -0.39 is 0 Å². The number of nitrogens with one attached hydrogen (secondary N) is 1. The Hall–Kier alpha value is -1.06. The molecule has 2 fully saturated rings. The maximum atomic E-state index is 12.6. The Labute approximate surface area is 114 Å². The normalized spacial score (nSPS) is 27.3. The van der Waals surface area contributed by atoms with Crippen molar-refractivity contribution in [3.63, 3.8) is 0 Å². The van der Waals surface area contributed by atoms with E-state index in [4.69, 9.17) is 0 Å². The smallest absolute Gasteiger partial charge is 0.234 e. The fourth-order valence-corrected chi connectivity index (χ4v) is 3.04. The summed E-state index contributed by atoms with van der Waals surface area (Å²) in [7, 11) is 0. The van der Waals surface area contributed by atoms with Gasteiger partial charge in [0.1, 0.15) is 0 Å². The monoisotopic (exact) mass is 266 g/mol. The highest BCUT2D eigenvalue weighted by Gasteiger charge is 2.47. The van der Waals surface area contributed by atoms with Crippen LogP contribution in [0.2, 0.25) is 0 Å². The van der Waals surface area contributed by atoms with Crippen molar-refractivity contribution in [1.82, 2.24) is 5.32 Å². The second kappa shape index (κ2) is 5.29. The van der Waals surface area contributed by atoms with Crippen LogP contribution in [0, 0.1) is 5.41 Å². The molecular weight excluding hydrogens is 248 g/mol. The zero-order valence-electron chi connectivity index (χ0n) is 10.4. The Kier molecular flexibility index (Phi) is 3.93. The molecule has 0 saturated carbocycles. The lowest BCUT2D eigenvalue weighted by Gasteiger charge is -2.32. The van der Waals surface area contributed by atoms with Crippen molar-refractivity contribution in [2.75, 3.05) is 24.5 Å². The summed E-state index contributed by atoms with van der Waals surface area (Å²) in [5.41, 5.74) is 0.925. The van der Waals surface area contributed by atoms with Gasteiger partial charge in [0.2, 0.25) is 5.91 Å². The van der Waals surface area contributed by atoms with Gasteiger partial charge in [0.05, 0.1) is 5.41 Å². The largest absolute Gasteiger partial charge is 0.316 e. The van der Waals surface area contributed by atoms with Gasteiger partial charge in [-0.2, -0.15) is 0 Å². The van der Waals surface area contributed by atoms with Crippen LogP contribution in [-0.4, -0.2) is 25.5 Å². The molecule has 3 rings (SSSR count). The highest BCUT2D eigenvalue weighted by Crippen LogP contribution is 2.39. The number of anilines is 1. The van der Waals surface area contributed by atoms with Crippen LogP contribution in [-0.2, 0) is 4.79 Å². The molecule has 2 aliphatic heterocycles. The molecule has 1 amide bonds. The highest BCUT2D eigenvalue weighted by atomic mass is 35.5. The van der Waals surface area contributed by atoms with Gasteiger partial charge in [-0.1, -0.05) is 18.2 Å². The molecule has 0 aliphatic carbocycles. The summed E-state index contributed by atoms with van der Waals surface area (Å²) in [6.45, 7) is 2.78. The number of hydrogen-bond donors (Lipinski definition) is 1. The van der Waals surface area contributed by atoms with Crippen LogP contribution in [0.4, 0.5) is 5.69 Å². The van der Waals surface area contributed by atoms with Gasteiger partial charge in [0.25, 0.3) is 0 Å². The summed E-state index contributed by atoms with van der Waals surface area (Å²) in [6, 6.07) is 10.0. The van der Waals surface area contributed by atoms with Gasteiger partial charge in [-0.05, 0) is 37.9 Å². The first-order chi connectivity index (χ1) is 8.32. The minimum absolute atomic E-state index is 0. The lowest BCUT2D eigenvalue weighted by molar-refractivity contribution is -0.126. The van der Waals surface area contributed by atoms with E-state index in [0.29, 0.717) is 5.91 Å². The first kappa shape index (κ1) is 13.4. The van der Waals surface area contributed by atoms with Crippen molar-refractivity contribution in [1.29, 1.82) is 0 Å². The third-order valence-electron chi connectivity index (χ3n) is 4.05. The molecular formula is C14H19ClN2O. The first-order valence-electron chi connectivity index (χ1n) is 6.40. The van der Waals surface area contributed by atoms with Crippen LogP contribution >= 0.6 is 12.4 Å².